The van der Waals surface area contributed by atoms with Gasteiger partial charge in [-0.25, -0.2) is 9.37 Å². The van der Waals surface area contributed by atoms with Gasteiger partial charge in [0.15, 0.2) is 11.6 Å². The third-order valence-electron chi connectivity index (χ3n) is 2.35. The van der Waals surface area contributed by atoms with Crippen LogP contribution in [0, 0.1) is 11.2 Å². The van der Waals surface area contributed by atoms with Gasteiger partial charge in [0.2, 0.25) is 5.91 Å². The molecular weight excluding hydrogens is 245 g/mol. The Hall–Kier alpha value is -1.36. The van der Waals surface area contributed by atoms with E-state index in [1.165, 1.54) is 12.3 Å². The summed E-state index contributed by atoms with van der Waals surface area (Å²) in [6.45, 7) is 3.79. The molecule has 1 aromatic rings. The van der Waals surface area contributed by atoms with Gasteiger partial charge in [0.1, 0.15) is 0 Å². The van der Waals surface area contributed by atoms with Gasteiger partial charge in [-0.15, -0.1) is 0 Å². The van der Waals surface area contributed by atoms with E-state index in [-0.39, 0.29) is 23.3 Å². The third kappa shape index (κ3) is 3.56. The van der Waals surface area contributed by atoms with Gasteiger partial charge in [0.05, 0.1) is 10.4 Å². The molecule has 0 aliphatic heterocycles. The van der Waals surface area contributed by atoms with Crippen molar-refractivity contribution >= 4 is 23.3 Å². The summed E-state index contributed by atoms with van der Waals surface area (Å²) in [4.78, 5) is 15.3. The molecule has 4 nitrogen and oxygen atoms in total. The largest absolute Gasteiger partial charge is 0.367 e. The van der Waals surface area contributed by atoms with Crippen LogP contribution in [0.15, 0.2) is 12.3 Å². The van der Waals surface area contributed by atoms with Gasteiger partial charge in [0, 0.05) is 19.8 Å². The number of halogens is 2. The average Bonchev–Trinajstić information content (AvgIpc) is 2.26. The van der Waals surface area contributed by atoms with Crippen LogP contribution < -0.4 is 10.6 Å². The predicted molar refractivity (Wildman–Crippen MR) is 65.5 cm³/mol. The summed E-state index contributed by atoms with van der Waals surface area (Å²) < 4.78 is 13.4. The van der Waals surface area contributed by atoms with Gasteiger partial charge in [-0.3, -0.25) is 4.79 Å². The first-order valence-electron chi connectivity index (χ1n) is 5.14. The second-order valence-corrected chi connectivity index (χ2v) is 4.74. The first-order chi connectivity index (χ1) is 7.86. The first-order valence-corrected chi connectivity index (χ1v) is 5.51. The summed E-state index contributed by atoms with van der Waals surface area (Å²) in [5.74, 6) is -0.573. The van der Waals surface area contributed by atoms with E-state index in [1.807, 2.05) is 0 Å². The van der Waals surface area contributed by atoms with Crippen LogP contribution in [-0.4, -0.2) is 24.5 Å². The van der Waals surface area contributed by atoms with E-state index in [2.05, 4.69) is 15.6 Å². The van der Waals surface area contributed by atoms with Crippen molar-refractivity contribution in [1.29, 1.82) is 0 Å². The van der Waals surface area contributed by atoms with Crippen LogP contribution >= 0.6 is 11.6 Å². The van der Waals surface area contributed by atoms with Crippen molar-refractivity contribution in [3.8, 4) is 0 Å². The van der Waals surface area contributed by atoms with Crippen LogP contribution in [-0.2, 0) is 4.79 Å². The Kier molecular flexibility index (Phi) is 4.28. The molecule has 0 saturated heterocycles. The summed E-state index contributed by atoms with van der Waals surface area (Å²) in [6.07, 6.45) is 1.35. The van der Waals surface area contributed by atoms with E-state index in [1.54, 1.807) is 20.9 Å². The number of pyridine rings is 1. The molecule has 0 unspecified atom stereocenters. The van der Waals surface area contributed by atoms with Crippen LogP contribution in [0.1, 0.15) is 13.8 Å². The lowest BCUT2D eigenvalue weighted by Gasteiger charge is -2.23. The highest BCUT2D eigenvalue weighted by Crippen LogP contribution is 2.19. The molecule has 0 aliphatic rings. The summed E-state index contributed by atoms with van der Waals surface area (Å²) >= 11 is 5.59. The van der Waals surface area contributed by atoms with Gasteiger partial charge < -0.3 is 10.6 Å². The van der Waals surface area contributed by atoms with Crippen LogP contribution in [0.3, 0.4) is 0 Å². The summed E-state index contributed by atoms with van der Waals surface area (Å²) in [5.41, 5.74) is -0.650. The second kappa shape index (κ2) is 5.31. The number of hydrogen-bond acceptors (Lipinski definition) is 3. The van der Waals surface area contributed by atoms with Crippen molar-refractivity contribution in [2.45, 2.75) is 13.8 Å². The smallest absolute Gasteiger partial charge is 0.227 e. The molecule has 2 N–H and O–H groups in total. The first kappa shape index (κ1) is 13.7. The lowest BCUT2D eigenvalue weighted by molar-refractivity contribution is -0.128. The predicted octanol–water partition coefficient (Wildman–Crippen LogP) is 2.06. The van der Waals surface area contributed by atoms with Crippen molar-refractivity contribution in [3.63, 3.8) is 0 Å². The normalized spacial score (nSPS) is 11.1. The molecule has 0 aromatic carbocycles. The molecule has 1 rings (SSSR count). The maximum Gasteiger partial charge on any atom is 0.227 e. The van der Waals surface area contributed by atoms with Gasteiger partial charge in [-0.05, 0) is 19.9 Å². The monoisotopic (exact) mass is 259 g/mol. The average molecular weight is 260 g/mol. The molecule has 6 heteroatoms. The van der Waals surface area contributed by atoms with Crippen molar-refractivity contribution in [2.75, 3.05) is 18.9 Å². The summed E-state index contributed by atoms with van der Waals surface area (Å²) in [5, 5.41) is 5.58. The van der Waals surface area contributed by atoms with Gasteiger partial charge in [-0.2, -0.15) is 0 Å². The van der Waals surface area contributed by atoms with Crippen molar-refractivity contribution in [1.82, 2.24) is 10.3 Å². The SMILES string of the molecule is CNC(=O)C(C)(C)CNc1ncc(Cl)cc1F. The molecule has 0 aliphatic carbocycles. The Bertz CT molecular complexity index is 423. The molecule has 1 aromatic heterocycles. The Morgan fingerprint density at radius 3 is 2.76 bits per heavy atom. The molecule has 1 amide bonds. The lowest BCUT2D eigenvalue weighted by Crippen LogP contribution is -2.39. The van der Waals surface area contributed by atoms with Crippen LogP contribution in [0.5, 0.6) is 0 Å². The molecule has 0 spiro atoms. The van der Waals surface area contributed by atoms with Gasteiger partial charge >= 0.3 is 0 Å². The zero-order valence-electron chi connectivity index (χ0n) is 9.97. The number of amides is 1. The molecule has 17 heavy (non-hydrogen) atoms. The summed E-state index contributed by atoms with van der Waals surface area (Å²) in [7, 11) is 1.56. The Labute approximate surface area is 105 Å². The molecule has 0 saturated carbocycles. The van der Waals surface area contributed by atoms with Crippen molar-refractivity contribution < 1.29 is 9.18 Å². The molecular formula is C11H15ClFN3O. The zero-order chi connectivity index (χ0) is 13.1. The minimum absolute atomic E-state index is 0.0892. The van der Waals surface area contributed by atoms with E-state index in [0.29, 0.717) is 0 Å². The fourth-order valence-electron chi connectivity index (χ4n) is 1.27. The number of carbonyl (C=O) groups excluding carboxylic acids is 1. The molecule has 0 atom stereocenters. The van der Waals surface area contributed by atoms with E-state index >= 15 is 0 Å². The molecule has 94 valence electrons. The topological polar surface area (TPSA) is 54.0 Å². The fourth-order valence-corrected chi connectivity index (χ4v) is 1.41. The maximum atomic E-state index is 13.4. The van der Waals surface area contributed by atoms with E-state index in [4.69, 9.17) is 11.6 Å². The maximum absolute atomic E-state index is 13.4. The second-order valence-electron chi connectivity index (χ2n) is 4.30. The third-order valence-corrected chi connectivity index (χ3v) is 2.55. The molecule has 0 bridgehead atoms. The van der Waals surface area contributed by atoms with Crippen molar-refractivity contribution in [2.24, 2.45) is 5.41 Å². The van der Waals surface area contributed by atoms with Gasteiger partial charge in [-0.1, -0.05) is 11.6 Å². The highest BCUT2D eigenvalue weighted by molar-refractivity contribution is 6.30. The fraction of sp³-hybridized carbons (Fsp3) is 0.455. The molecule has 0 fully saturated rings. The number of aromatic nitrogens is 1. The number of carbonyl (C=O) groups is 1. The van der Waals surface area contributed by atoms with E-state index < -0.39 is 11.2 Å². The van der Waals surface area contributed by atoms with E-state index in [9.17, 15) is 9.18 Å². The van der Waals surface area contributed by atoms with Crippen LogP contribution in [0.25, 0.3) is 0 Å². The highest BCUT2D eigenvalue weighted by atomic mass is 35.5. The number of hydrogen-bond donors (Lipinski definition) is 2. The van der Waals surface area contributed by atoms with Crippen LogP contribution in [0.4, 0.5) is 10.2 Å². The Morgan fingerprint density at radius 1 is 1.59 bits per heavy atom. The quantitative estimate of drug-likeness (QED) is 0.870. The highest BCUT2D eigenvalue weighted by Gasteiger charge is 2.26. The van der Waals surface area contributed by atoms with E-state index in [0.717, 1.165) is 0 Å². The lowest BCUT2D eigenvalue weighted by atomic mass is 9.92. The molecule has 0 radical (unpaired) electrons. The standard InChI is InChI=1S/C11H15ClFN3O/c1-11(2,10(17)14-3)6-16-9-8(13)4-7(12)5-15-9/h4-5H,6H2,1-3H3,(H,14,17)(H,15,16). The Morgan fingerprint density at radius 2 is 2.24 bits per heavy atom. The van der Waals surface area contributed by atoms with Gasteiger partial charge in [0.25, 0.3) is 0 Å². The number of anilines is 1. The van der Waals surface area contributed by atoms with Crippen molar-refractivity contribution in [3.05, 3.63) is 23.1 Å². The minimum atomic E-state index is -0.650. The number of nitrogens with one attached hydrogen (secondary N) is 2. The number of nitrogens with zero attached hydrogens (tertiary/aromatic N) is 1. The zero-order valence-corrected chi connectivity index (χ0v) is 10.7. The summed E-state index contributed by atoms with van der Waals surface area (Å²) in [6, 6.07) is 1.17. The minimum Gasteiger partial charge on any atom is -0.367 e. The Balaban J connectivity index is 2.70. The molecule has 1 heterocycles. The number of rotatable bonds is 4. The van der Waals surface area contributed by atoms with Crippen LogP contribution in [0.2, 0.25) is 5.02 Å².